The van der Waals surface area contributed by atoms with Crippen LogP contribution in [0.3, 0.4) is 0 Å². The molecule has 0 atom stereocenters. The number of para-hydroxylation sites is 1. The van der Waals surface area contributed by atoms with Crippen LogP contribution in [0.2, 0.25) is 0 Å². The van der Waals surface area contributed by atoms with E-state index in [1.165, 1.54) is 34.9 Å². The first kappa shape index (κ1) is 9.31. The van der Waals surface area contributed by atoms with Crippen molar-refractivity contribution in [3.63, 3.8) is 0 Å². The molecule has 0 aliphatic heterocycles. The molecule has 1 aliphatic carbocycles. The topological polar surface area (TPSA) is 12.0 Å². The van der Waals surface area contributed by atoms with Crippen LogP contribution in [0.15, 0.2) is 24.3 Å². The van der Waals surface area contributed by atoms with Crippen LogP contribution in [0.5, 0.6) is 0 Å². The van der Waals surface area contributed by atoms with Gasteiger partial charge in [0.05, 0.1) is 0 Å². The first-order chi connectivity index (χ1) is 6.36. The van der Waals surface area contributed by atoms with Crippen molar-refractivity contribution in [3.05, 3.63) is 27.8 Å². The molecule has 1 saturated carbocycles. The van der Waals surface area contributed by atoms with Crippen LogP contribution in [0, 0.1) is 3.57 Å². The van der Waals surface area contributed by atoms with E-state index in [-0.39, 0.29) is 0 Å². The standard InChI is InChI=1S/C11H14IN/c12-10-7-3-4-8-11(10)13-9-5-1-2-6-9/h3-4,7-9,13H,1-2,5-6H2. The summed E-state index contributed by atoms with van der Waals surface area (Å²) in [6.45, 7) is 0. The number of nitrogens with one attached hydrogen (secondary N) is 1. The third-order valence-corrected chi connectivity index (χ3v) is 3.53. The summed E-state index contributed by atoms with van der Waals surface area (Å²) < 4.78 is 1.33. The summed E-state index contributed by atoms with van der Waals surface area (Å²) in [7, 11) is 0. The molecular formula is C11H14IN. The van der Waals surface area contributed by atoms with Crippen LogP contribution >= 0.6 is 22.6 Å². The van der Waals surface area contributed by atoms with E-state index in [0.29, 0.717) is 0 Å². The molecule has 0 aromatic heterocycles. The Hall–Kier alpha value is -0.250. The average Bonchev–Trinajstić information content (AvgIpc) is 2.61. The molecular weight excluding hydrogens is 273 g/mol. The second-order valence-corrected chi connectivity index (χ2v) is 4.77. The molecule has 1 nitrogen and oxygen atoms in total. The van der Waals surface area contributed by atoms with Crippen LogP contribution in [0.4, 0.5) is 5.69 Å². The molecule has 0 bridgehead atoms. The largest absolute Gasteiger partial charge is 0.381 e. The van der Waals surface area contributed by atoms with Crippen LogP contribution in [0.1, 0.15) is 25.7 Å². The Bertz CT molecular complexity index is 279. The van der Waals surface area contributed by atoms with Gasteiger partial charge in [-0.05, 0) is 47.6 Å². The van der Waals surface area contributed by atoms with E-state index in [0.717, 1.165) is 6.04 Å². The van der Waals surface area contributed by atoms with Gasteiger partial charge in [-0.3, -0.25) is 0 Å². The normalized spacial score (nSPS) is 17.6. The molecule has 2 rings (SSSR count). The Balaban J connectivity index is 2.04. The van der Waals surface area contributed by atoms with Gasteiger partial charge in [0.25, 0.3) is 0 Å². The molecule has 1 N–H and O–H groups in total. The number of hydrogen-bond acceptors (Lipinski definition) is 1. The molecule has 0 spiro atoms. The zero-order chi connectivity index (χ0) is 9.10. The van der Waals surface area contributed by atoms with E-state index in [2.05, 4.69) is 52.2 Å². The van der Waals surface area contributed by atoms with Crippen molar-refractivity contribution in [2.24, 2.45) is 0 Å². The maximum Gasteiger partial charge on any atom is 0.0478 e. The first-order valence-corrected chi connectivity index (χ1v) is 5.95. The van der Waals surface area contributed by atoms with Gasteiger partial charge >= 0.3 is 0 Å². The zero-order valence-corrected chi connectivity index (χ0v) is 9.75. The molecule has 0 saturated heterocycles. The highest BCUT2D eigenvalue weighted by atomic mass is 127. The molecule has 13 heavy (non-hydrogen) atoms. The third kappa shape index (κ3) is 2.36. The van der Waals surface area contributed by atoms with E-state index < -0.39 is 0 Å². The van der Waals surface area contributed by atoms with Crippen molar-refractivity contribution in [2.75, 3.05) is 5.32 Å². The summed E-state index contributed by atoms with van der Waals surface area (Å²) >= 11 is 2.38. The van der Waals surface area contributed by atoms with Crippen molar-refractivity contribution in [1.29, 1.82) is 0 Å². The Labute approximate surface area is 93.1 Å². The molecule has 0 heterocycles. The van der Waals surface area contributed by atoms with E-state index in [4.69, 9.17) is 0 Å². The highest BCUT2D eigenvalue weighted by Crippen LogP contribution is 2.24. The van der Waals surface area contributed by atoms with Gasteiger partial charge in [-0.1, -0.05) is 25.0 Å². The summed E-state index contributed by atoms with van der Waals surface area (Å²) in [5.74, 6) is 0. The van der Waals surface area contributed by atoms with Gasteiger partial charge in [-0.2, -0.15) is 0 Å². The van der Waals surface area contributed by atoms with Crippen LogP contribution < -0.4 is 5.32 Å². The number of benzene rings is 1. The number of rotatable bonds is 2. The number of anilines is 1. The SMILES string of the molecule is Ic1ccccc1NC1CCCC1. The van der Waals surface area contributed by atoms with Crippen molar-refractivity contribution in [1.82, 2.24) is 0 Å². The van der Waals surface area contributed by atoms with Crippen LogP contribution in [0.25, 0.3) is 0 Å². The maximum absolute atomic E-state index is 3.60. The Morgan fingerprint density at radius 1 is 1.15 bits per heavy atom. The van der Waals surface area contributed by atoms with Crippen molar-refractivity contribution in [3.8, 4) is 0 Å². The Morgan fingerprint density at radius 3 is 2.54 bits per heavy atom. The second-order valence-electron chi connectivity index (χ2n) is 3.61. The average molecular weight is 287 g/mol. The van der Waals surface area contributed by atoms with Crippen molar-refractivity contribution < 1.29 is 0 Å². The third-order valence-electron chi connectivity index (χ3n) is 2.59. The highest BCUT2D eigenvalue weighted by molar-refractivity contribution is 14.1. The van der Waals surface area contributed by atoms with E-state index >= 15 is 0 Å². The smallest absolute Gasteiger partial charge is 0.0478 e. The number of hydrogen-bond donors (Lipinski definition) is 1. The lowest BCUT2D eigenvalue weighted by atomic mass is 10.2. The summed E-state index contributed by atoms with van der Waals surface area (Å²) in [4.78, 5) is 0. The molecule has 1 fully saturated rings. The fourth-order valence-corrected chi connectivity index (χ4v) is 2.41. The summed E-state index contributed by atoms with van der Waals surface area (Å²) in [5, 5.41) is 3.60. The molecule has 1 aromatic carbocycles. The summed E-state index contributed by atoms with van der Waals surface area (Å²) in [6, 6.07) is 9.22. The predicted octanol–water partition coefficient (Wildman–Crippen LogP) is 3.65. The fraction of sp³-hybridized carbons (Fsp3) is 0.455. The van der Waals surface area contributed by atoms with Gasteiger partial charge < -0.3 is 5.32 Å². The van der Waals surface area contributed by atoms with Gasteiger partial charge in [0, 0.05) is 15.3 Å². The Kier molecular flexibility index (Phi) is 3.09. The van der Waals surface area contributed by atoms with Crippen LogP contribution in [-0.2, 0) is 0 Å². The van der Waals surface area contributed by atoms with Gasteiger partial charge in [0.2, 0.25) is 0 Å². The lowest BCUT2D eigenvalue weighted by Crippen LogP contribution is -2.15. The zero-order valence-electron chi connectivity index (χ0n) is 7.59. The van der Waals surface area contributed by atoms with Crippen LogP contribution in [-0.4, -0.2) is 6.04 Å². The molecule has 2 heteroatoms. The van der Waals surface area contributed by atoms with Gasteiger partial charge in [0.15, 0.2) is 0 Å². The molecule has 0 unspecified atom stereocenters. The highest BCUT2D eigenvalue weighted by Gasteiger charge is 2.14. The minimum absolute atomic E-state index is 0.718. The lowest BCUT2D eigenvalue weighted by molar-refractivity contribution is 0.755. The summed E-state index contributed by atoms with van der Waals surface area (Å²) in [5.41, 5.74) is 1.30. The quantitative estimate of drug-likeness (QED) is 0.819. The van der Waals surface area contributed by atoms with E-state index in [1.807, 2.05) is 0 Å². The minimum atomic E-state index is 0.718. The Morgan fingerprint density at radius 2 is 1.85 bits per heavy atom. The van der Waals surface area contributed by atoms with Crippen molar-refractivity contribution in [2.45, 2.75) is 31.7 Å². The van der Waals surface area contributed by atoms with Crippen molar-refractivity contribution >= 4 is 28.3 Å². The monoisotopic (exact) mass is 287 g/mol. The van der Waals surface area contributed by atoms with Gasteiger partial charge in [-0.15, -0.1) is 0 Å². The first-order valence-electron chi connectivity index (χ1n) is 4.87. The van der Waals surface area contributed by atoms with Gasteiger partial charge in [0.1, 0.15) is 0 Å². The second kappa shape index (κ2) is 4.31. The van der Waals surface area contributed by atoms with Gasteiger partial charge in [-0.25, -0.2) is 0 Å². The molecule has 0 radical (unpaired) electrons. The molecule has 1 aromatic rings. The molecule has 70 valence electrons. The maximum atomic E-state index is 3.60. The lowest BCUT2D eigenvalue weighted by Gasteiger charge is -2.14. The summed E-state index contributed by atoms with van der Waals surface area (Å²) in [6.07, 6.45) is 5.46. The minimum Gasteiger partial charge on any atom is -0.381 e. The number of halogens is 1. The molecule has 0 amide bonds. The van der Waals surface area contributed by atoms with E-state index in [1.54, 1.807) is 0 Å². The fourth-order valence-electron chi connectivity index (χ4n) is 1.87. The van der Waals surface area contributed by atoms with E-state index in [9.17, 15) is 0 Å². The molecule has 1 aliphatic rings. The predicted molar refractivity (Wildman–Crippen MR) is 65.0 cm³/mol.